The van der Waals surface area contributed by atoms with Gasteiger partial charge in [0.15, 0.2) is 0 Å². The van der Waals surface area contributed by atoms with E-state index in [4.69, 9.17) is 9.79 Å². The Morgan fingerprint density at radius 2 is 2.00 bits per heavy atom. The molecule has 0 aromatic heterocycles. The van der Waals surface area contributed by atoms with Crippen LogP contribution in [0, 0.1) is 0 Å². The summed E-state index contributed by atoms with van der Waals surface area (Å²) in [5.74, 6) is 0. The maximum Gasteiger partial charge on any atom is 0.325 e. The highest BCUT2D eigenvalue weighted by Gasteiger charge is 2.10. The van der Waals surface area contributed by atoms with Crippen molar-refractivity contribution in [3.8, 4) is 0 Å². The highest BCUT2D eigenvalue weighted by molar-refractivity contribution is 8.02. The van der Waals surface area contributed by atoms with Crippen molar-refractivity contribution in [1.29, 1.82) is 0 Å². The quantitative estimate of drug-likeness (QED) is 0.529. The lowest BCUT2D eigenvalue weighted by Crippen LogP contribution is -1.88. The minimum absolute atomic E-state index is 0.0252. The number of thioether (sulfide) groups is 1. The molecule has 5 heteroatoms. The van der Waals surface area contributed by atoms with Crippen LogP contribution in [0.1, 0.15) is 32.6 Å². The average Bonchev–Trinajstić information content (AvgIpc) is 2.09. The molecule has 0 aliphatic carbocycles. The van der Waals surface area contributed by atoms with Crippen molar-refractivity contribution in [2.45, 2.75) is 32.6 Å². The van der Waals surface area contributed by atoms with Crippen LogP contribution in [0.25, 0.3) is 0 Å². The Morgan fingerprint density at radius 1 is 1.36 bits per heavy atom. The lowest BCUT2D eigenvalue weighted by Gasteiger charge is -2.04. The fraction of sp³-hybridized carbons (Fsp3) is 0.778. The molecule has 84 valence electrons. The molecule has 0 amide bonds. The molecule has 0 aliphatic heterocycles. The first-order chi connectivity index (χ1) is 6.49. The van der Waals surface area contributed by atoms with Gasteiger partial charge in [0.1, 0.15) is 0 Å². The molecular weight excluding hydrogens is 219 g/mol. The molecule has 0 aromatic carbocycles. The van der Waals surface area contributed by atoms with Crippen LogP contribution in [0.4, 0.5) is 0 Å². The first-order valence-electron chi connectivity index (χ1n) is 4.73. The smallest absolute Gasteiger partial charge is 0.324 e. The second-order valence-electron chi connectivity index (χ2n) is 3.16. The summed E-state index contributed by atoms with van der Waals surface area (Å²) < 4.78 is 10.5. The van der Waals surface area contributed by atoms with Gasteiger partial charge in [-0.2, -0.15) is 0 Å². The van der Waals surface area contributed by atoms with Crippen LogP contribution in [0.15, 0.2) is 11.0 Å². The van der Waals surface area contributed by atoms with E-state index in [1.54, 1.807) is 11.8 Å². The maximum atomic E-state index is 10.5. The van der Waals surface area contributed by atoms with Crippen molar-refractivity contribution in [2.75, 3.05) is 12.4 Å². The fourth-order valence-corrected chi connectivity index (χ4v) is 2.38. The van der Waals surface area contributed by atoms with E-state index in [-0.39, 0.29) is 6.16 Å². The molecule has 0 heterocycles. The highest BCUT2D eigenvalue weighted by Crippen LogP contribution is 2.35. The van der Waals surface area contributed by atoms with E-state index in [1.165, 1.54) is 4.91 Å². The van der Waals surface area contributed by atoms with E-state index in [9.17, 15) is 4.57 Å². The normalized spacial score (nSPS) is 13.3. The molecule has 0 aliphatic rings. The molecule has 0 saturated carbocycles. The van der Waals surface area contributed by atoms with Gasteiger partial charge in [0.2, 0.25) is 0 Å². The summed E-state index contributed by atoms with van der Waals surface area (Å²) in [6.45, 7) is 2.02. The van der Waals surface area contributed by atoms with Crippen LogP contribution in [0.2, 0.25) is 0 Å². The first-order valence-corrected chi connectivity index (χ1v) is 7.75. The van der Waals surface area contributed by atoms with Gasteiger partial charge in [0, 0.05) is 6.16 Å². The molecule has 2 N–H and O–H groups in total. The van der Waals surface area contributed by atoms with Crippen LogP contribution >= 0.6 is 19.4 Å². The van der Waals surface area contributed by atoms with Crippen molar-refractivity contribution in [3.05, 3.63) is 11.0 Å². The second-order valence-corrected chi connectivity index (χ2v) is 5.87. The monoisotopic (exact) mass is 238 g/mol. The Hall–Kier alpha value is 0.240. The van der Waals surface area contributed by atoms with Gasteiger partial charge in [-0.15, -0.1) is 11.8 Å². The van der Waals surface area contributed by atoms with Crippen LogP contribution in [0.3, 0.4) is 0 Å². The lowest BCUT2D eigenvalue weighted by atomic mass is 10.2. The summed E-state index contributed by atoms with van der Waals surface area (Å²) in [4.78, 5) is 18.6. The van der Waals surface area contributed by atoms with Crippen LogP contribution in [0.5, 0.6) is 0 Å². The van der Waals surface area contributed by atoms with Gasteiger partial charge in [-0.1, -0.05) is 12.5 Å². The van der Waals surface area contributed by atoms with Gasteiger partial charge in [0.05, 0.1) is 0 Å². The Bertz CT molecular complexity index is 222. The number of hydrogen-bond acceptors (Lipinski definition) is 2. The lowest BCUT2D eigenvalue weighted by molar-refractivity contribution is 0.371. The summed E-state index contributed by atoms with van der Waals surface area (Å²) in [6, 6.07) is 0. The first kappa shape index (κ1) is 14.2. The SMILES string of the molecule is CC=C(CCCCCP(=O)(O)O)SC. The fourth-order valence-electron chi connectivity index (χ4n) is 1.16. The Labute approximate surface area is 90.1 Å². The zero-order valence-corrected chi connectivity index (χ0v) is 10.5. The Balaban J connectivity index is 3.43. The number of unbranched alkanes of at least 4 members (excludes halogenated alkanes) is 2. The average molecular weight is 238 g/mol. The number of allylic oxidation sites excluding steroid dienone is 2. The van der Waals surface area contributed by atoms with Crippen molar-refractivity contribution in [2.24, 2.45) is 0 Å². The molecular formula is C9H19O3PS. The van der Waals surface area contributed by atoms with Crippen molar-refractivity contribution in [1.82, 2.24) is 0 Å². The third-order valence-electron chi connectivity index (χ3n) is 1.96. The molecule has 0 aromatic rings. The van der Waals surface area contributed by atoms with Crippen molar-refractivity contribution < 1.29 is 14.4 Å². The Morgan fingerprint density at radius 3 is 2.43 bits per heavy atom. The largest absolute Gasteiger partial charge is 0.325 e. The molecule has 0 radical (unpaired) electrons. The van der Waals surface area contributed by atoms with E-state index in [1.807, 2.05) is 13.2 Å². The Kier molecular flexibility index (Phi) is 7.65. The van der Waals surface area contributed by atoms with Gasteiger partial charge >= 0.3 is 7.60 Å². The second kappa shape index (κ2) is 7.52. The van der Waals surface area contributed by atoms with E-state index >= 15 is 0 Å². The summed E-state index contributed by atoms with van der Waals surface area (Å²) in [7, 11) is -3.76. The predicted octanol–water partition coefficient (Wildman–Crippen LogP) is 2.99. The molecule has 0 spiro atoms. The minimum atomic E-state index is -3.76. The molecule has 14 heavy (non-hydrogen) atoms. The molecule has 0 atom stereocenters. The highest BCUT2D eigenvalue weighted by atomic mass is 32.2. The van der Waals surface area contributed by atoms with E-state index in [2.05, 4.69) is 6.08 Å². The zero-order valence-electron chi connectivity index (χ0n) is 8.77. The third kappa shape index (κ3) is 8.82. The van der Waals surface area contributed by atoms with Gasteiger partial charge < -0.3 is 9.79 Å². The van der Waals surface area contributed by atoms with Crippen molar-refractivity contribution >= 4 is 19.4 Å². The zero-order chi connectivity index (χ0) is 11.0. The van der Waals surface area contributed by atoms with Gasteiger partial charge in [-0.3, -0.25) is 4.57 Å². The summed E-state index contributed by atoms with van der Waals surface area (Å²) >= 11 is 1.74. The summed E-state index contributed by atoms with van der Waals surface area (Å²) in [5.41, 5.74) is 0. The summed E-state index contributed by atoms with van der Waals surface area (Å²) in [6.07, 6.45) is 7.72. The number of rotatable bonds is 7. The molecule has 0 fully saturated rings. The van der Waals surface area contributed by atoms with Crippen molar-refractivity contribution in [3.63, 3.8) is 0 Å². The van der Waals surface area contributed by atoms with Crippen LogP contribution in [-0.2, 0) is 4.57 Å². The van der Waals surface area contributed by atoms with Gasteiger partial charge in [-0.05, 0) is 37.3 Å². The van der Waals surface area contributed by atoms with Gasteiger partial charge in [-0.25, -0.2) is 0 Å². The topological polar surface area (TPSA) is 57.5 Å². The van der Waals surface area contributed by atoms with Gasteiger partial charge in [0.25, 0.3) is 0 Å². The molecule has 3 nitrogen and oxygen atoms in total. The standard InChI is InChI=1S/C9H19O3PS/c1-3-9(14-2)7-5-4-6-8-13(10,11)12/h3H,4-8H2,1-2H3,(H2,10,11,12). The molecule has 0 bridgehead atoms. The van der Waals surface area contributed by atoms with Crippen LogP contribution < -0.4 is 0 Å². The summed E-state index contributed by atoms with van der Waals surface area (Å²) in [5, 5.41) is 0. The van der Waals surface area contributed by atoms with E-state index < -0.39 is 7.60 Å². The van der Waals surface area contributed by atoms with Crippen LogP contribution in [-0.4, -0.2) is 22.2 Å². The van der Waals surface area contributed by atoms with E-state index in [0.717, 1.165) is 19.3 Å². The molecule has 0 saturated heterocycles. The van der Waals surface area contributed by atoms with E-state index in [0.29, 0.717) is 6.42 Å². The molecule has 0 rings (SSSR count). The maximum absolute atomic E-state index is 10.5. The number of hydrogen-bond donors (Lipinski definition) is 2. The minimum Gasteiger partial charge on any atom is -0.324 e. The molecule has 0 unspecified atom stereocenters. The third-order valence-corrected chi connectivity index (χ3v) is 3.82. The predicted molar refractivity (Wildman–Crippen MR) is 62.7 cm³/mol.